The number of hydrogen-bond acceptors (Lipinski definition) is 3. The molecule has 2 amide bonds. The molecule has 0 bridgehead atoms. The molecule has 1 aromatic carbocycles. The Kier molecular flexibility index (Phi) is 4.43. The minimum atomic E-state index is -0.117. The molecule has 4 nitrogen and oxygen atoms in total. The maximum atomic E-state index is 12.4. The summed E-state index contributed by atoms with van der Waals surface area (Å²) in [6.45, 7) is 1.50. The Hall–Kier alpha value is -1.49. The zero-order chi connectivity index (χ0) is 15.6. The highest BCUT2D eigenvalue weighted by atomic mass is 32.2. The van der Waals surface area contributed by atoms with E-state index in [2.05, 4.69) is 5.32 Å². The average Bonchev–Trinajstić information content (AvgIpc) is 2.85. The number of nitrogens with zero attached hydrogens (tertiary/aromatic N) is 1. The Morgan fingerprint density at radius 3 is 2.64 bits per heavy atom. The highest BCUT2D eigenvalue weighted by molar-refractivity contribution is 7.99. The number of hydrogen-bond donors (Lipinski definition) is 1. The Balaban J connectivity index is 1.65. The van der Waals surface area contributed by atoms with Crippen LogP contribution in [-0.2, 0) is 9.59 Å². The largest absolute Gasteiger partial charge is 0.350 e. The fourth-order valence-corrected chi connectivity index (χ4v) is 4.00. The Morgan fingerprint density at radius 1 is 1.32 bits per heavy atom. The van der Waals surface area contributed by atoms with E-state index in [1.165, 1.54) is 0 Å². The van der Waals surface area contributed by atoms with E-state index in [0.717, 1.165) is 37.9 Å². The molecule has 2 heterocycles. The van der Waals surface area contributed by atoms with Gasteiger partial charge >= 0.3 is 0 Å². The number of likely N-dealkylation sites (tertiary alicyclic amines) is 1. The minimum absolute atomic E-state index is 0.0466. The van der Waals surface area contributed by atoms with Gasteiger partial charge in [0, 0.05) is 18.6 Å². The van der Waals surface area contributed by atoms with Crippen LogP contribution in [0.2, 0.25) is 0 Å². The van der Waals surface area contributed by atoms with E-state index < -0.39 is 0 Å². The zero-order valence-electron chi connectivity index (χ0n) is 12.9. The Labute approximate surface area is 135 Å². The van der Waals surface area contributed by atoms with E-state index in [0.29, 0.717) is 5.75 Å². The topological polar surface area (TPSA) is 49.4 Å². The molecule has 0 unspecified atom stereocenters. The second-order valence-electron chi connectivity index (χ2n) is 6.25. The second-order valence-corrected chi connectivity index (χ2v) is 7.12. The van der Waals surface area contributed by atoms with Gasteiger partial charge in [0.05, 0.1) is 11.7 Å². The number of carbonyl (C=O) groups is 2. The Morgan fingerprint density at radius 2 is 2.00 bits per heavy atom. The predicted molar refractivity (Wildman–Crippen MR) is 88.9 cm³/mol. The number of rotatable bonds is 3. The smallest absolute Gasteiger partial charge is 0.232 e. The van der Waals surface area contributed by atoms with E-state index >= 15 is 0 Å². The molecule has 0 aromatic heterocycles. The molecule has 0 aliphatic carbocycles. The van der Waals surface area contributed by atoms with Gasteiger partial charge in [0.1, 0.15) is 0 Å². The van der Waals surface area contributed by atoms with Crippen molar-refractivity contribution in [1.29, 1.82) is 0 Å². The van der Waals surface area contributed by atoms with Gasteiger partial charge in [-0.15, -0.1) is 0 Å². The van der Waals surface area contributed by atoms with Crippen molar-refractivity contribution in [3.63, 3.8) is 0 Å². The number of piperidine rings is 1. The van der Waals surface area contributed by atoms with Crippen molar-refractivity contribution in [2.75, 3.05) is 25.1 Å². The van der Waals surface area contributed by atoms with Crippen LogP contribution in [0.15, 0.2) is 30.3 Å². The maximum absolute atomic E-state index is 12.4. The van der Waals surface area contributed by atoms with Gasteiger partial charge in [-0.1, -0.05) is 30.3 Å². The van der Waals surface area contributed by atoms with Crippen LogP contribution in [0.4, 0.5) is 0 Å². The number of amides is 2. The van der Waals surface area contributed by atoms with Gasteiger partial charge < -0.3 is 10.2 Å². The van der Waals surface area contributed by atoms with E-state index in [-0.39, 0.29) is 23.3 Å². The minimum Gasteiger partial charge on any atom is -0.350 e. The average molecular weight is 318 g/mol. The van der Waals surface area contributed by atoms with Gasteiger partial charge in [0.15, 0.2) is 0 Å². The number of nitrogens with one attached hydrogen (secondary N) is 1. The summed E-state index contributed by atoms with van der Waals surface area (Å²) in [6, 6.07) is 10.00. The van der Waals surface area contributed by atoms with Gasteiger partial charge in [-0.2, -0.15) is 11.8 Å². The molecule has 2 aliphatic heterocycles. The third-order valence-electron chi connectivity index (χ3n) is 4.84. The first-order chi connectivity index (χ1) is 10.6. The summed E-state index contributed by atoms with van der Waals surface area (Å²) in [5.74, 6) is 0.849. The number of benzene rings is 1. The van der Waals surface area contributed by atoms with Crippen molar-refractivity contribution in [2.45, 2.75) is 30.7 Å². The first-order valence-corrected chi connectivity index (χ1v) is 9.17. The van der Waals surface area contributed by atoms with Crippen LogP contribution in [0.3, 0.4) is 0 Å². The molecule has 1 aromatic rings. The molecule has 3 rings (SSSR count). The van der Waals surface area contributed by atoms with Gasteiger partial charge in [0.2, 0.25) is 11.8 Å². The normalized spacial score (nSPS) is 23.6. The van der Waals surface area contributed by atoms with Crippen LogP contribution in [0.1, 0.15) is 30.7 Å². The Bertz CT molecular complexity index is 553. The monoisotopic (exact) mass is 318 g/mol. The molecule has 1 N–H and O–H groups in total. The van der Waals surface area contributed by atoms with E-state index in [4.69, 9.17) is 0 Å². The van der Waals surface area contributed by atoms with Crippen LogP contribution in [0.25, 0.3) is 0 Å². The SMILES string of the molecule is CSCC(=O)N1CCC2(CC1)C[C@@H](c1ccccc1)C(=O)N2. The maximum Gasteiger partial charge on any atom is 0.232 e. The van der Waals surface area contributed by atoms with Crippen molar-refractivity contribution >= 4 is 23.6 Å². The molecular formula is C17H22N2O2S. The van der Waals surface area contributed by atoms with E-state index in [1.54, 1.807) is 11.8 Å². The molecule has 2 saturated heterocycles. The highest BCUT2D eigenvalue weighted by Gasteiger charge is 2.46. The van der Waals surface area contributed by atoms with Crippen molar-refractivity contribution in [3.8, 4) is 0 Å². The highest BCUT2D eigenvalue weighted by Crippen LogP contribution is 2.39. The number of carbonyl (C=O) groups excluding carboxylic acids is 2. The summed E-state index contributed by atoms with van der Waals surface area (Å²) in [4.78, 5) is 26.3. The van der Waals surface area contributed by atoms with Crippen LogP contribution < -0.4 is 5.32 Å². The molecule has 5 heteroatoms. The molecule has 2 fully saturated rings. The molecule has 0 saturated carbocycles. The standard InChI is InChI=1S/C17H22N2O2S/c1-22-12-15(20)19-9-7-17(8-10-19)11-14(16(21)18-17)13-5-3-2-4-6-13/h2-6,14H,7-12H2,1H3,(H,18,21)/t14-/m0/s1. The van der Waals surface area contributed by atoms with Gasteiger partial charge in [-0.25, -0.2) is 0 Å². The van der Waals surface area contributed by atoms with Gasteiger partial charge in [0.25, 0.3) is 0 Å². The van der Waals surface area contributed by atoms with Crippen molar-refractivity contribution in [1.82, 2.24) is 10.2 Å². The van der Waals surface area contributed by atoms with Gasteiger partial charge in [-0.05, 0) is 31.1 Å². The summed E-state index contributed by atoms with van der Waals surface area (Å²) < 4.78 is 0. The van der Waals surface area contributed by atoms with Gasteiger partial charge in [-0.3, -0.25) is 9.59 Å². The lowest BCUT2D eigenvalue weighted by atomic mass is 9.82. The molecule has 2 aliphatic rings. The lowest BCUT2D eigenvalue weighted by molar-refractivity contribution is -0.130. The van der Waals surface area contributed by atoms with Crippen molar-refractivity contribution < 1.29 is 9.59 Å². The number of thioether (sulfide) groups is 1. The third kappa shape index (κ3) is 3.00. The molecule has 118 valence electrons. The van der Waals surface area contributed by atoms with Crippen LogP contribution in [-0.4, -0.2) is 47.4 Å². The first kappa shape index (κ1) is 15.4. The lowest BCUT2D eigenvalue weighted by Gasteiger charge is -2.39. The quantitative estimate of drug-likeness (QED) is 0.927. The predicted octanol–water partition coefficient (Wildman–Crippen LogP) is 2.01. The van der Waals surface area contributed by atoms with Crippen LogP contribution >= 0.6 is 11.8 Å². The van der Waals surface area contributed by atoms with Crippen LogP contribution in [0, 0.1) is 0 Å². The molecule has 1 spiro atoms. The molecule has 22 heavy (non-hydrogen) atoms. The summed E-state index contributed by atoms with van der Waals surface area (Å²) in [5.41, 5.74) is 0.978. The summed E-state index contributed by atoms with van der Waals surface area (Å²) >= 11 is 1.56. The summed E-state index contributed by atoms with van der Waals surface area (Å²) in [6.07, 6.45) is 4.52. The zero-order valence-corrected chi connectivity index (χ0v) is 13.7. The fourth-order valence-electron chi connectivity index (χ4n) is 3.57. The molecule has 1 atom stereocenters. The van der Waals surface area contributed by atoms with E-state index in [9.17, 15) is 9.59 Å². The third-order valence-corrected chi connectivity index (χ3v) is 5.38. The van der Waals surface area contributed by atoms with Crippen molar-refractivity contribution in [3.05, 3.63) is 35.9 Å². The molecular weight excluding hydrogens is 296 g/mol. The van der Waals surface area contributed by atoms with Crippen LogP contribution in [0.5, 0.6) is 0 Å². The lowest BCUT2D eigenvalue weighted by Crippen LogP contribution is -2.52. The van der Waals surface area contributed by atoms with E-state index in [1.807, 2.05) is 41.5 Å². The summed E-state index contributed by atoms with van der Waals surface area (Å²) in [5, 5.41) is 3.23. The fraction of sp³-hybridized carbons (Fsp3) is 0.529. The molecule has 0 radical (unpaired) electrons. The first-order valence-electron chi connectivity index (χ1n) is 7.77. The second kappa shape index (κ2) is 6.32. The van der Waals surface area contributed by atoms with Crippen molar-refractivity contribution in [2.24, 2.45) is 0 Å². The summed E-state index contributed by atoms with van der Waals surface area (Å²) in [7, 11) is 0.